The minimum Gasteiger partial charge on any atom is -0.389 e. The molecule has 4 rings (SSSR count). The number of fused-ring (bicyclic) bond motifs is 3. The highest BCUT2D eigenvalue weighted by atomic mass is 16.3. The Morgan fingerprint density at radius 2 is 2.21 bits per heavy atom. The Hall–Kier alpha value is -2.12. The van der Waals surface area contributed by atoms with Gasteiger partial charge in [-0.1, -0.05) is 24.3 Å². The smallest absolute Gasteiger partial charge is 0.0975 e. The van der Waals surface area contributed by atoms with Crippen LogP contribution in [0.15, 0.2) is 36.8 Å². The van der Waals surface area contributed by atoms with Gasteiger partial charge < -0.3 is 9.67 Å². The zero-order chi connectivity index (χ0) is 13.0. The number of nitriles is 1. The molecule has 2 aliphatic rings. The van der Waals surface area contributed by atoms with Crippen molar-refractivity contribution in [2.45, 2.75) is 25.0 Å². The molecule has 19 heavy (non-hydrogen) atoms. The van der Waals surface area contributed by atoms with Gasteiger partial charge >= 0.3 is 0 Å². The number of rotatable bonds is 2. The van der Waals surface area contributed by atoms with E-state index in [2.05, 4.69) is 11.1 Å². The number of aromatic nitrogens is 2. The highest BCUT2D eigenvalue weighted by Crippen LogP contribution is 2.54. The Morgan fingerprint density at radius 3 is 2.95 bits per heavy atom. The predicted octanol–water partition coefficient (Wildman–Crippen LogP) is 2.12. The van der Waals surface area contributed by atoms with Crippen LogP contribution in [0.4, 0.5) is 0 Å². The van der Waals surface area contributed by atoms with Crippen LogP contribution in [0.5, 0.6) is 0 Å². The first-order valence-corrected chi connectivity index (χ1v) is 6.47. The minimum atomic E-state index is -0.672. The molecule has 2 atom stereocenters. The first-order chi connectivity index (χ1) is 9.27. The summed E-state index contributed by atoms with van der Waals surface area (Å²) in [5, 5.41) is 20.0. The third-order valence-electron chi connectivity index (χ3n) is 4.40. The van der Waals surface area contributed by atoms with Gasteiger partial charge in [0.15, 0.2) is 0 Å². The first-order valence-electron chi connectivity index (χ1n) is 6.47. The second-order valence-electron chi connectivity index (χ2n) is 5.43. The molecule has 0 amide bonds. The summed E-state index contributed by atoms with van der Waals surface area (Å²) in [6.07, 6.45) is 4.46. The fourth-order valence-electron chi connectivity index (χ4n) is 3.11. The standard InChI is InChI=1S/C15H13N3O/c16-8-15(5-6-15)14(19)13-11-4-2-1-3-10(11)12-7-17-9-18(12)13/h1-4,7,9,13-14,19H,5-6H2/t13-,14?/m1/s1. The number of aliphatic hydroxyl groups is 1. The highest BCUT2D eigenvalue weighted by Gasteiger charge is 2.54. The van der Waals surface area contributed by atoms with Gasteiger partial charge in [-0.15, -0.1) is 0 Å². The van der Waals surface area contributed by atoms with Crippen LogP contribution in [0.2, 0.25) is 0 Å². The van der Waals surface area contributed by atoms with Crippen molar-refractivity contribution in [3.8, 4) is 17.3 Å². The number of hydrogen-bond acceptors (Lipinski definition) is 3. The zero-order valence-corrected chi connectivity index (χ0v) is 10.3. The molecule has 0 saturated heterocycles. The molecule has 1 saturated carbocycles. The number of benzene rings is 1. The van der Waals surface area contributed by atoms with Crippen molar-refractivity contribution in [1.82, 2.24) is 9.55 Å². The summed E-state index contributed by atoms with van der Waals surface area (Å²) in [7, 11) is 0. The lowest BCUT2D eigenvalue weighted by atomic mass is 9.89. The van der Waals surface area contributed by atoms with E-state index in [1.807, 2.05) is 35.0 Å². The van der Waals surface area contributed by atoms with Crippen LogP contribution < -0.4 is 0 Å². The van der Waals surface area contributed by atoms with E-state index in [9.17, 15) is 10.4 Å². The van der Waals surface area contributed by atoms with Gasteiger partial charge in [-0.25, -0.2) is 4.98 Å². The Morgan fingerprint density at radius 1 is 1.42 bits per heavy atom. The van der Waals surface area contributed by atoms with Gasteiger partial charge in [-0.05, 0) is 18.4 Å². The molecule has 0 radical (unpaired) electrons. The Bertz CT molecular complexity index is 693. The second kappa shape index (κ2) is 3.46. The number of nitrogens with zero attached hydrogens (tertiary/aromatic N) is 3. The van der Waals surface area contributed by atoms with Crippen LogP contribution >= 0.6 is 0 Å². The van der Waals surface area contributed by atoms with E-state index in [0.29, 0.717) is 0 Å². The molecular weight excluding hydrogens is 238 g/mol. The van der Waals surface area contributed by atoms with Crippen LogP contribution in [0.1, 0.15) is 24.4 Å². The molecule has 0 spiro atoms. The Balaban J connectivity index is 1.88. The maximum absolute atomic E-state index is 10.7. The molecule has 1 fully saturated rings. The molecule has 1 aliphatic heterocycles. The van der Waals surface area contributed by atoms with Crippen LogP contribution in [0.25, 0.3) is 11.3 Å². The number of aliphatic hydroxyl groups excluding tert-OH is 1. The van der Waals surface area contributed by atoms with Gasteiger partial charge in [0.2, 0.25) is 0 Å². The summed E-state index contributed by atoms with van der Waals surface area (Å²) >= 11 is 0. The molecule has 1 aliphatic carbocycles. The zero-order valence-electron chi connectivity index (χ0n) is 10.3. The van der Waals surface area contributed by atoms with E-state index < -0.39 is 11.5 Å². The highest BCUT2D eigenvalue weighted by molar-refractivity contribution is 5.69. The average Bonchev–Trinajstić information content (AvgIpc) is 3.00. The topological polar surface area (TPSA) is 61.8 Å². The number of hydrogen-bond donors (Lipinski definition) is 1. The molecular formula is C15H13N3O. The fraction of sp³-hybridized carbons (Fsp3) is 0.333. The number of imidazole rings is 1. The van der Waals surface area contributed by atoms with Crippen LogP contribution in [-0.4, -0.2) is 20.8 Å². The largest absolute Gasteiger partial charge is 0.389 e. The maximum Gasteiger partial charge on any atom is 0.0975 e. The monoisotopic (exact) mass is 251 g/mol. The van der Waals surface area contributed by atoms with E-state index in [-0.39, 0.29) is 6.04 Å². The molecule has 2 heterocycles. The maximum atomic E-state index is 10.7. The molecule has 94 valence electrons. The third-order valence-corrected chi connectivity index (χ3v) is 4.40. The van der Waals surface area contributed by atoms with Crippen molar-refractivity contribution in [3.05, 3.63) is 42.4 Å². The Labute approximate surface area is 110 Å². The van der Waals surface area contributed by atoms with Crippen molar-refractivity contribution in [2.24, 2.45) is 5.41 Å². The Kier molecular flexibility index (Phi) is 1.96. The van der Waals surface area contributed by atoms with Gasteiger partial charge in [0.25, 0.3) is 0 Å². The van der Waals surface area contributed by atoms with E-state index in [1.54, 1.807) is 6.33 Å². The molecule has 2 aromatic rings. The van der Waals surface area contributed by atoms with Crippen molar-refractivity contribution in [2.75, 3.05) is 0 Å². The van der Waals surface area contributed by atoms with E-state index in [4.69, 9.17) is 0 Å². The van der Waals surface area contributed by atoms with Crippen LogP contribution in [-0.2, 0) is 0 Å². The van der Waals surface area contributed by atoms with Gasteiger partial charge in [-0.3, -0.25) is 0 Å². The predicted molar refractivity (Wildman–Crippen MR) is 69.1 cm³/mol. The summed E-state index contributed by atoms with van der Waals surface area (Å²) in [5.41, 5.74) is 2.66. The summed E-state index contributed by atoms with van der Waals surface area (Å²) in [6, 6.07) is 10.2. The SMILES string of the molecule is N#CC1(C(O)[C@H]2c3ccccc3-c3cncn32)CC1. The van der Waals surface area contributed by atoms with Gasteiger partial charge in [0, 0.05) is 5.56 Å². The average molecular weight is 251 g/mol. The lowest BCUT2D eigenvalue weighted by Crippen LogP contribution is -2.30. The molecule has 4 nitrogen and oxygen atoms in total. The molecule has 4 heteroatoms. The van der Waals surface area contributed by atoms with Crippen LogP contribution in [0.3, 0.4) is 0 Å². The van der Waals surface area contributed by atoms with Crippen molar-refractivity contribution in [1.29, 1.82) is 5.26 Å². The first kappa shape index (κ1) is 10.8. The van der Waals surface area contributed by atoms with Crippen molar-refractivity contribution >= 4 is 0 Å². The molecule has 1 aromatic carbocycles. The van der Waals surface area contributed by atoms with E-state index in [0.717, 1.165) is 29.7 Å². The lowest BCUT2D eigenvalue weighted by molar-refractivity contribution is 0.0840. The van der Waals surface area contributed by atoms with Crippen molar-refractivity contribution < 1.29 is 5.11 Å². The summed E-state index contributed by atoms with van der Waals surface area (Å²) < 4.78 is 1.99. The minimum absolute atomic E-state index is 0.184. The van der Waals surface area contributed by atoms with Gasteiger partial charge in [0.05, 0.1) is 41.8 Å². The van der Waals surface area contributed by atoms with E-state index >= 15 is 0 Å². The van der Waals surface area contributed by atoms with Gasteiger partial charge in [-0.2, -0.15) is 5.26 Å². The van der Waals surface area contributed by atoms with Crippen molar-refractivity contribution in [3.63, 3.8) is 0 Å². The lowest BCUT2D eigenvalue weighted by Gasteiger charge is -2.24. The molecule has 1 N–H and O–H groups in total. The van der Waals surface area contributed by atoms with Crippen LogP contribution in [0, 0.1) is 16.7 Å². The normalized spacial score (nSPS) is 23.3. The molecule has 0 bridgehead atoms. The summed E-state index contributed by atoms with van der Waals surface area (Å²) in [4.78, 5) is 4.17. The quantitative estimate of drug-likeness (QED) is 0.889. The van der Waals surface area contributed by atoms with Gasteiger partial charge in [0.1, 0.15) is 0 Å². The molecule has 1 aromatic heterocycles. The fourth-order valence-corrected chi connectivity index (χ4v) is 3.11. The summed E-state index contributed by atoms with van der Waals surface area (Å²) in [5.74, 6) is 0. The summed E-state index contributed by atoms with van der Waals surface area (Å²) in [6.45, 7) is 0. The molecule has 1 unspecified atom stereocenters. The second-order valence-corrected chi connectivity index (χ2v) is 5.43. The third kappa shape index (κ3) is 1.28. The van der Waals surface area contributed by atoms with E-state index in [1.165, 1.54) is 0 Å².